The van der Waals surface area contributed by atoms with Crippen molar-refractivity contribution in [2.45, 2.75) is 57.2 Å². The first-order valence-electron chi connectivity index (χ1n) is 13.4. The van der Waals surface area contributed by atoms with Gasteiger partial charge in [-0.2, -0.15) is 0 Å². The summed E-state index contributed by atoms with van der Waals surface area (Å²) >= 11 is 12.5. The van der Waals surface area contributed by atoms with Crippen molar-refractivity contribution in [3.05, 3.63) is 76.8 Å². The Morgan fingerprint density at radius 2 is 1.90 bits per heavy atom. The molecule has 1 fully saturated rings. The van der Waals surface area contributed by atoms with E-state index in [0.717, 1.165) is 43.7 Å². The molecule has 2 atom stereocenters. The molecule has 0 radical (unpaired) electrons. The number of rotatable bonds is 12. The number of unbranched alkanes of at least 4 members (excludes halogenated alkanes) is 3. The lowest BCUT2D eigenvalue weighted by Gasteiger charge is -2.40. The number of amides is 2. The lowest BCUT2D eigenvalue weighted by Crippen LogP contribution is -2.55. The van der Waals surface area contributed by atoms with Gasteiger partial charge in [-0.1, -0.05) is 48.5 Å². The van der Waals surface area contributed by atoms with E-state index in [1.807, 2.05) is 29.0 Å². The molecule has 39 heavy (non-hydrogen) atoms. The molecule has 8 nitrogen and oxygen atoms in total. The number of hydrogen-bond acceptors (Lipinski definition) is 5. The topological polar surface area (TPSA) is 96.9 Å². The molecule has 10 heteroatoms. The minimum absolute atomic E-state index is 0.200. The number of imidazole rings is 1. The molecule has 1 aromatic heterocycles. The molecular weight excluding hydrogens is 537 g/mol. The molecule has 0 saturated carbocycles. The summed E-state index contributed by atoms with van der Waals surface area (Å²) in [5.74, 6) is 0.842. The van der Waals surface area contributed by atoms with Gasteiger partial charge in [0.1, 0.15) is 11.4 Å². The summed E-state index contributed by atoms with van der Waals surface area (Å²) in [4.78, 5) is 19.5. The Morgan fingerprint density at radius 3 is 2.56 bits per heavy atom. The van der Waals surface area contributed by atoms with Gasteiger partial charge in [0.25, 0.3) is 0 Å². The van der Waals surface area contributed by atoms with E-state index in [2.05, 4.69) is 28.9 Å². The third kappa shape index (κ3) is 7.81. The molecule has 1 aliphatic rings. The zero-order chi connectivity index (χ0) is 27.8. The molecule has 0 bridgehead atoms. The number of anilines is 1. The third-order valence-corrected chi connectivity index (χ3v) is 7.84. The minimum Gasteiger partial charge on any atom is -0.494 e. The number of aliphatic hydroxyl groups is 1. The molecule has 210 valence electrons. The van der Waals surface area contributed by atoms with Gasteiger partial charge in [-0.15, -0.1) is 0 Å². The Kier molecular flexibility index (Phi) is 9.99. The van der Waals surface area contributed by atoms with E-state index >= 15 is 0 Å². The number of nitrogens with two attached hydrogens (primary N) is 1. The fraction of sp³-hybridized carbons (Fsp3) is 0.448. The summed E-state index contributed by atoms with van der Waals surface area (Å²) in [7, 11) is 0. The Hall–Kier alpha value is -2.94. The van der Waals surface area contributed by atoms with Crippen molar-refractivity contribution in [3.63, 3.8) is 0 Å². The molecule has 2 aromatic carbocycles. The van der Waals surface area contributed by atoms with Crippen molar-refractivity contribution < 1.29 is 14.6 Å². The Morgan fingerprint density at radius 1 is 1.13 bits per heavy atom. The summed E-state index contributed by atoms with van der Waals surface area (Å²) in [5, 5.41) is 12.6. The molecule has 0 aliphatic carbocycles. The summed E-state index contributed by atoms with van der Waals surface area (Å²) in [6.07, 6.45) is 9.54. The first-order valence-corrected chi connectivity index (χ1v) is 14.2. The molecule has 1 saturated heterocycles. The van der Waals surface area contributed by atoms with Crippen LogP contribution in [0.5, 0.6) is 5.75 Å². The molecule has 0 spiro atoms. The second-order valence-corrected chi connectivity index (χ2v) is 11.1. The Bertz CT molecular complexity index is 1210. The van der Waals surface area contributed by atoms with E-state index in [-0.39, 0.29) is 12.1 Å². The molecule has 3 N–H and O–H groups in total. The predicted octanol–water partition coefficient (Wildman–Crippen LogP) is 5.70. The largest absolute Gasteiger partial charge is 0.494 e. The highest BCUT2D eigenvalue weighted by Gasteiger charge is 2.31. The van der Waals surface area contributed by atoms with Crippen molar-refractivity contribution in [2.24, 2.45) is 5.73 Å². The molecule has 2 heterocycles. The number of aromatic nitrogens is 2. The average molecular weight is 575 g/mol. The number of carbonyl (C=O) groups excluding carboxylic acids is 1. The molecule has 3 aromatic rings. The van der Waals surface area contributed by atoms with Crippen LogP contribution in [0.3, 0.4) is 0 Å². The molecule has 4 rings (SSSR count). The lowest BCUT2D eigenvalue weighted by atomic mass is 9.87. The highest BCUT2D eigenvalue weighted by molar-refractivity contribution is 6.35. The standard InChI is InChI=1S/C29H37Cl2N5O3/c1-22-19-35(28(32)37)15-16-36(22)24-7-9-25(10-8-24)39-17-5-3-2-4-12-29(38,20-34-14-13-33-21-34)26-11-6-23(30)18-27(26)31/h6-11,13-14,18,21-22,38H,2-5,12,15-17,19-20H2,1H3,(H2,32,37). The minimum atomic E-state index is -1.12. The monoisotopic (exact) mass is 573 g/mol. The van der Waals surface area contributed by atoms with Crippen LogP contribution in [-0.4, -0.2) is 57.9 Å². The van der Waals surface area contributed by atoms with Crippen LogP contribution in [0.2, 0.25) is 10.0 Å². The van der Waals surface area contributed by atoms with Crippen molar-refractivity contribution in [2.75, 3.05) is 31.1 Å². The van der Waals surface area contributed by atoms with E-state index in [9.17, 15) is 9.90 Å². The number of urea groups is 1. The molecular formula is C29H37Cl2N5O3. The number of hydrogen-bond donors (Lipinski definition) is 2. The van der Waals surface area contributed by atoms with Crippen LogP contribution in [-0.2, 0) is 12.1 Å². The number of carbonyl (C=O) groups is 1. The number of halogens is 2. The van der Waals surface area contributed by atoms with Gasteiger partial charge in [0, 0.05) is 59.4 Å². The van der Waals surface area contributed by atoms with Crippen LogP contribution in [0, 0.1) is 0 Å². The van der Waals surface area contributed by atoms with Gasteiger partial charge in [0.2, 0.25) is 0 Å². The summed E-state index contributed by atoms with van der Waals surface area (Å²) in [6, 6.07) is 13.2. The van der Waals surface area contributed by atoms with Gasteiger partial charge in [0.15, 0.2) is 0 Å². The van der Waals surface area contributed by atoms with Crippen molar-refractivity contribution in [1.29, 1.82) is 0 Å². The predicted molar refractivity (Wildman–Crippen MR) is 156 cm³/mol. The number of piperazine rings is 1. The zero-order valence-electron chi connectivity index (χ0n) is 22.3. The number of benzene rings is 2. The van der Waals surface area contributed by atoms with Crippen molar-refractivity contribution in [3.8, 4) is 5.75 Å². The second kappa shape index (κ2) is 13.4. The first kappa shape index (κ1) is 29.1. The van der Waals surface area contributed by atoms with Gasteiger partial charge >= 0.3 is 6.03 Å². The maximum atomic E-state index is 11.6. The first-order chi connectivity index (χ1) is 18.7. The van der Waals surface area contributed by atoms with E-state index in [0.29, 0.717) is 48.3 Å². The summed E-state index contributed by atoms with van der Waals surface area (Å²) in [6.45, 7) is 5.11. The maximum Gasteiger partial charge on any atom is 0.314 e. The van der Waals surface area contributed by atoms with Crippen molar-refractivity contribution in [1.82, 2.24) is 14.5 Å². The second-order valence-electron chi connectivity index (χ2n) is 10.2. The molecule has 2 unspecified atom stereocenters. The normalized spacial score (nSPS) is 17.2. The fourth-order valence-electron chi connectivity index (χ4n) is 5.19. The zero-order valence-corrected chi connectivity index (χ0v) is 23.8. The average Bonchev–Trinajstić information content (AvgIpc) is 3.41. The number of nitrogens with zero attached hydrogens (tertiary/aromatic N) is 4. The summed E-state index contributed by atoms with van der Waals surface area (Å²) in [5.41, 5.74) is 6.10. The van der Waals surface area contributed by atoms with Gasteiger partial charge in [-0.25, -0.2) is 9.78 Å². The van der Waals surface area contributed by atoms with E-state index in [4.69, 9.17) is 33.7 Å². The van der Waals surface area contributed by atoms with Gasteiger partial charge < -0.3 is 29.9 Å². The van der Waals surface area contributed by atoms with Crippen LogP contribution < -0.4 is 15.4 Å². The van der Waals surface area contributed by atoms with E-state index in [1.165, 1.54) is 0 Å². The Labute approximate surface area is 240 Å². The van der Waals surface area contributed by atoms with Crippen LogP contribution in [0.1, 0.15) is 44.6 Å². The Balaban J connectivity index is 1.20. The van der Waals surface area contributed by atoms with Crippen LogP contribution >= 0.6 is 23.2 Å². The third-order valence-electron chi connectivity index (χ3n) is 7.30. The fourth-order valence-corrected chi connectivity index (χ4v) is 5.77. The number of primary amides is 1. The van der Waals surface area contributed by atoms with Gasteiger partial charge in [0.05, 0.1) is 19.5 Å². The van der Waals surface area contributed by atoms with E-state index in [1.54, 1.807) is 29.6 Å². The van der Waals surface area contributed by atoms with Gasteiger partial charge in [-0.3, -0.25) is 0 Å². The summed E-state index contributed by atoms with van der Waals surface area (Å²) < 4.78 is 7.83. The highest BCUT2D eigenvalue weighted by atomic mass is 35.5. The quantitative estimate of drug-likeness (QED) is 0.271. The molecule has 1 aliphatic heterocycles. The number of ether oxygens (including phenoxy) is 1. The van der Waals surface area contributed by atoms with Gasteiger partial charge in [-0.05, 0) is 56.2 Å². The van der Waals surface area contributed by atoms with Crippen molar-refractivity contribution >= 4 is 34.9 Å². The maximum absolute atomic E-state index is 11.6. The lowest BCUT2D eigenvalue weighted by molar-refractivity contribution is 0.00711. The molecule has 2 amide bonds. The smallest absolute Gasteiger partial charge is 0.314 e. The van der Waals surface area contributed by atoms with Crippen LogP contribution in [0.25, 0.3) is 0 Å². The van der Waals surface area contributed by atoms with E-state index < -0.39 is 5.60 Å². The SMILES string of the molecule is CC1CN(C(N)=O)CCN1c1ccc(OCCCCCCC(O)(Cn2ccnc2)c2ccc(Cl)cc2Cl)cc1. The highest BCUT2D eigenvalue weighted by Crippen LogP contribution is 2.36. The van der Waals surface area contributed by atoms with Crippen LogP contribution in [0.4, 0.5) is 10.5 Å². The van der Waals surface area contributed by atoms with Crippen LogP contribution in [0.15, 0.2) is 61.2 Å².